The van der Waals surface area contributed by atoms with Crippen LogP contribution in [-0.4, -0.2) is 29.7 Å². The molecular weight excluding hydrogens is 242 g/mol. The molecule has 1 aromatic rings. The van der Waals surface area contributed by atoms with Gasteiger partial charge in [0.25, 0.3) is 5.91 Å². The number of thiophene rings is 1. The van der Waals surface area contributed by atoms with Gasteiger partial charge < -0.3 is 15.2 Å². The Morgan fingerprint density at radius 2 is 2.24 bits per heavy atom. The lowest BCUT2D eigenvalue weighted by atomic mass is 10.0. The second-order valence-corrected chi connectivity index (χ2v) is 4.63. The zero-order valence-corrected chi connectivity index (χ0v) is 10.8. The van der Waals surface area contributed by atoms with Crippen LogP contribution in [-0.2, 0) is 9.53 Å². The fourth-order valence-electron chi connectivity index (χ4n) is 1.21. The summed E-state index contributed by atoms with van der Waals surface area (Å²) in [4.78, 5) is 22.8. The lowest BCUT2D eigenvalue weighted by Gasteiger charge is -2.24. The minimum Gasteiger partial charge on any atom is -0.478 e. The zero-order valence-electron chi connectivity index (χ0n) is 9.94. The molecule has 0 aliphatic rings. The molecule has 1 rings (SSSR count). The average Bonchev–Trinajstić information content (AvgIpc) is 2.76. The lowest BCUT2D eigenvalue weighted by Crippen LogP contribution is -2.41. The van der Waals surface area contributed by atoms with Gasteiger partial charge in [-0.15, -0.1) is 11.3 Å². The summed E-state index contributed by atoms with van der Waals surface area (Å²) < 4.78 is 5.14. The Kier molecular flexibility index (Phi) is 4.25. The first-order valence-corrected chi connectivity index (χ1v) is 6.00. The normalized spacial score (nSPS) is 14.1. The summed E-state index contributed by atoms with van der Waals surface area (Å²) >= 11 is 1.17. The van der Waals surface area contributed by atoms with E-state index in [0.717, 1.165) is 0 Å². The van der Waals surface area contributed by atoms with Gasteiger partial charge >= 0.3 is 5.97 Å². The molecular formula is C11H15NO4S. The first kappa shape index (κ1) is 13.7. The molecule has 0 spiro atoms. The quantitative estimate of drug-likeness (QED) is 0.848. The standard InChI is InChI=1S/C11H15NO4S/c1-4-11(2,16-3)10(15)12-8-7(9(13)14)5-6-17-8/h5-6H,4H2,1-3H3,(H,12,15)(H,13,14). The number of carboxylic acid groups (broad SMARTS) is 1. The summed E-state index contributed by atoms with van der Waals surface area (Å²) in [6, 6.07) is 1.46. The molecule has 2 N–H and O–H groups in total. The molecule has 0 saturated heterocycles. The summed E-state index contributed by atoms with van der Waals surface area (Å²) in [6.45, 7) is 3.49. The van der Waals surface area contributed by atoms with Gasteiger partial charge in [-0.25, -0.2) is 4.79 Å². The predicted molar refractivity (Wildman–Crippen MR) is 65.6 cm³/mol. The highest BCUT2D eigenvalue weighted by Crippen LogP contribution is 2.25. The molecule has 17 heavy (non-hydrogen) atoms. The van der Waals surface area contributed by atoms with Crippen LogP contribution >= 0.6 is 11.3 Å². The van der Waals surface area contributed by atoms with E-state index >= 15 is 0 Å². The molecule has 0 aromatic carbocycles. The van der Waals surface area contributed by atoms with Gasteiger partial charge in [-0.3, -0.25) is 4.79 Å². The maximum absolute atomic E-state index is 11.9. The van der Waals surface area contributed by atoms with Gasteiger partial charge in [0.2, 0.25) is 0 Å². The smallest absolute Gasteiger partial charge is 0.338 e. The van der Waals surface area contributed by atoms with Crippen LogP contribution in [0.5, 0.6) is 0 Å². The third-order valence-electron chi connectivity index (χ3n) is 2.73. The van der Waals surface area contributed by atoms with Crippen molar-refractivity contribution in [1.29, 1.82) is 0 Å². The molecule has 0 fully saturated rings. The van der Waals surface area contributed by atoms with Gasteiger partial charge in [0.05, 0.1) is 5.56 Å². The summed E-state index contributed by atoms with van der Waals surface area (Å²) in [5.41, 5.74) is -0.849. The molecule has 0 aliphatic carbocycles. The molecule has 0 bridgehead atoms. The number of hydrogen-bond acceptors (Lipinski definition) is 4. The van der Waals surface area contributed by atoms with Crippen LogP contribution in [0.25, 0.3) is 0 Å². The number of methoxy groups -OCH3 is 1. The second kappa shape index (κ2) is 5.29. The Bertz CT molecular complexity index is 423. The maximum atomic E-state index is 11.9. The number of ether oxygens (including phenoxy) is 1. The first-order valence-electron chi connectivity index (χ1n) is 5.12. The van der Waals surface area contributed by atoms with Gasteiger partial charge in [-0.2, -0.15) is 0 Å². The van der Waals surface area contributed by atoms with Gasteiger partial charge in [0.1, 0.15) is 10.6 Å². The van der Waals surface area contributed by atoms with Crippen molar-refractivity contribution in [3.8, 4) is 0 Å². The minimum absolute atomic E-state index is 0.0953. The lowest BCUT2D eigenvalue weighted by molar-refractivity contribution is -0.136. The van der Waals surface area contributed by atoms with E-state index in [1.165, 1.54) is 24.5 Å². The van der Waals surface area contributed by atoms with E-state index in [1.807, 2.05) is 6.92 Å². The van der Waals surface area contributed by atoms with Gasteiger partial charge in [-0.05, 0) is 24.8 Å². The van der Waals surface area contributed by atoms with Crippen molar-refractivity contribution in [1.82, 2.24) is 0 Å². The number of aromatic carboxylic acids is 1. The molecule has 0 aliphatic heterocycles. The highest BCUT2D eigenvalue weighted by molar-refractivity contribution is 7.14. The molecule has 94 valence electrons. The monoisotopic (exact) mass is 257 g/mol. The van der Waals surface area contributed by atoms with E-state index in [9.17, 15) is 9.59 Å². The highest BCUT2D eigenvalue weighted by atomic mass is 32.1. The second-order valence-electron chi connectivity index (χ2n) is 3.71. The Morgan fingerprint density at radius 1 is 1.59 bits per heavy atom. The maximum Gasteiger partial charge on any atom is 0.338 e. The molecule has 5 nitrogen and oxygen atoms in total. The van der Waals surface area contributed by atoms with E-state index < -0.39 is 11.6 Å². The molecule has 0 saturated carbocycles. The van der Waals surface area contributed by atoms with E-state index in [0.29, 0.717) is 11.4 Å². The average molecular weight is 257 g/mol. The zero-order chi connectivity index (χ0) is 13.1. The van der Waals surface area contributed by atoms with E-state index in [1.54, 1.807) is 12.3 Å². The topological polar surface area (TPSA) is 75.6 Å². The van der Waals surface area contributed by atoms with Gasteiger partial charge in [-0.1, -0.05) is 6.92 Å². The van der Waals surface area contributed by atoms with Crippen molar-refractivity contribution in [2.24, 2.45) is 0 Å². The molecule has 1 atom stereocenters. The summed E-state index contributed by atoms with van der Waals surface area (Å²) in [6.07, 6.45) is 0.503. The minimum atomic E-state index is -1.06. The fraction of sp³-hybridized carbons (Fsp3) is 0.455. The van der Waals surface area contributed by atoms with Crippen molar-refractivity contribution < 1.29 is 19.4 Å². The SMILES string of the molecule is CCC(C)(OC)C(=O)Nc1sccc1C(=O)O. The number of carbonyl (C=O) groups is 2. The van der Waals surface area contributed by atoms with Crippen LogP contribution in [0.3, 0.4) is 0 Å². The molecule has 1 unspecified atom stereocenters. The largest absolute Gasteiger partial charge is 0.478 e. The van der Waals surface area contributed by atoms with Crippen LogP contribution in [0.2, 0.25) is 0 Å². The fourth-order valence-corrected chi connectivity index (χ4v) is 1.98. The molecule has 1 aromatic heterocycles. The number of carbonyl (C=O) groups excluding carboxylic acids is 1. The number of amides is 1. The van der Waals surface area contributed by atoms with Crippen LogP contribution in [0.1, 0.15) is 30.6 Å². The Balaban J connectivity index is 2.88. The van der Waals surface area contributed by atoms with Gasteiger partial charge in [0, 0.05) is 7.11 Å². The first-order chi connectivity index (χ1) is 7.94. The molecule has 6 heteroatoms. The summed E-state index contributed by atoms with van der Waals surface area (Å²) in [5.74, 6) is -1.40. The van der Waals surface area contributed by atoms with Crippen LogP contribution in [0.4, 0.5) is 5.00 Å². The van der Waals surface area contributed by atoms with E-state index in [2.05, 4.69) is 5.32 Å². The van der Waals surface area contributed by atoms with E-state index in [4.69, 9.17) is 9.84 Å². The Hall–Kier alpha value is -1.40. The number of carboxylic acids is 1. The number of nitrogens with one attached hydrogen (secondary N) is 1. The molecule has 1 heterocycles. The number of rotatable bonds is 5. The number of hydrogen-bond donors (Lipinski definition) is 2. The Morgan fingerprint density at radius 3 is 2.71 bits per heavy atom. The van der Waals surface area contributed by atoms with E-state index in [-0.39, 0.29) is 11.5 Å². The third kappa shape index (κ3) is 2.83. The summed E-state index contributed by atoms with van der Waals surface area (Å²) in [5, 5.41) is 13.4. The molecule has 1 amide bonds. The third-order valence-corrected chi connectivity index (χ3v) is 3.56. The Labute approximate surface area is 103 Å². The van der Waals surface area contributed by atoms with Crippen LogP contribution in [0.15, 0.2) is 11.4 Å². The van der Waals surface area contributed by atoms with Crippen molar-refractivity contribution in [2.75, 3.05) is 12.4 Å². The van der Waals surface area contributed by atoms with Crippen molar-refractivity contribution in [3.05, 3.63) is 17.0 Å². The van der Waals surface area contributed by atoms with Crippen LogP contribution in [0, 0.1) is 0 Å². The van der Waals surface area contributed by atoms with Crippen molar-refractivity contribution in [2.45, 2.75) is 25.9 Å². The summed E-state index contributed by atoms with van der Waals surface area (Å²) in [7, 11) is 1.45. The molecule has 0 radical (unpaired) electrons. The number of anilines is 1. The van der Waals surface area contributed by atoms with Gasteiger partial charge in [0.15, 0.2) is 0 Å². The van der Waals surface area contributed by atoms with Crippen molar-refractivity contribution in [3.63, 3.8) is 0 Å². The van der Waals surface area contributed by atoms with Crippen molar-refractivity contribution >= 4 is 28.2 Å². The highest BCUT2D eigenvalue weighted by Gasteiger charge is 2.32. The van der Waals surface area contributed by atoms with Crippen LogP contribution < -0.4 is 5.32 Å². The predicted octanol–water partition coefficient (Wildman–Crippen LogP) is 2.20.